The first-order chi connectivity index (χ1) is 14.5. The van der Waals surface area contributed by atoms with E-state index < -0.39 is 29.4 Å². The van der Waals surface area contributed by atoms with E-state index in [2.05, 4.69) is 10.3 Å². The minimum atomic E-state index is -4.94. The lowest BCUT2D eigenvalue weighted by atomic mass is 10.1. The summed E-state index contributed by atoms with van der Waals surface area (Å²) >= 11 is 0. The molecule has 0 saturated carbocycles. The van der Waals surface area contributed by atoms with Crippen LogP contribution in [0.2, 0.25) is 0 Å². The molecule has 0 aliphatic heterocycles. The van der Waals surface area contributed by atoms with Gasteiger partial charge in [-0.25, -0.2) is 4.98 Å². The maximum Gasteiger partial charge on any atom is 0.438 e. The number of aryl methyl sites for hydroxylation is 3. The molecule has 0 fully saturated rings. The zero-order chi connectivity index (χ0) is 23.1. The number of aromatic nitrogens is 2. The van der Waals surface area contributed by atoms with E-state index in [4.69, 9.17) is 0 Å². The Morgan fingerprint density at radius 2 is 1.74 bits per heavy atom. The van der Waals surface area contributed by atoms with Crippen molar-refractivity contribution in [3.8, 4) is 0 Å². The van der Waals surface area contributed by atoms with Crippen molar-refractivity contribution in [3.63, 3.8) is 0 Å². The van der Waals surface area contributed by atoms with Crippen LogP contribution in [0.3, 0.4) is 0 Å². The molecule has 5 nitrogen and oxygen atoms in total. The first-order valence-corrected chi connectivity index (χ1v) is 9.93. The number of hydrogen-bond donors (Lipinski definition) is 1. The van der Waals surface area contributed by atoms with Gasteiger partial charge in [-0.3, -0.25) is 14.2 Å². The molecule has 0 unspecified atom stereocenters. The highest BCUT2D eigenvalue weighted by Gasteiger charge is 2.38. The summed E-state index contributed by atoms with van der Waals surface area (Å²) in [6.45, 7) is 8.93. The number of carbonyl (C=O) groups is 1. The number of anilines is 1. The third-order valence-corrected chi connectivity index (χ3v) is 5.64. The topological polar surface area (TPSA) is 64.0 Å². The van der Waals surface area contributed by atoms with Crippen LogP contribution in [0.25, 0.3) is 11.0 Å². The summed E-state index contributed by atoms with van der Waals surface area (Å²) in [6.07, 6.45) is -4.81. The molecule has 0 radical (unpaired) electrons. The average molecular weight is 431 g/mol. The number of nitrogens with one attached hydrogen (secondary N) is 1. The Hall–Kier alpha value is -3.16. The first-order valence-electron chi connectivity index (χ1n) is 9.93. The molecule has 0 aliphatic rings. The minimum Gasteiger partial charge on any atom is -0.324 e. The maximum absolute atomic E-state index is 13.6. The van der Waals surface area contributed by atoms with E-state index >= 15 is 0 Å². The van der Waals surface area contributed by atoms with Crippen LogP contribution in [0.5, 0.6) is 0 Å². The largest absolute Gasteiger partial charge is 0.438 e. The van der Waals surface area contributed by atoms with Gasteiger partial charge in [0.2, 0.25) is 11.6 Å². The predicted octanol–water partition coefficient (Wildman–Crippen LogP) is 5.24. The molecular formula is C23H24F3N3O2. The van der Waals surface area contributed by atoms with Crippen LogP contribution >= 0.6 is 0 Å². The number of hydrogen-bond acceptors (Lipinski definition) is 3. The highest BCUT2D eigenvalue weighted by Crippen LogP contribution is 2.29. The van der Waals surface area contributed by atoms with Crippen LogP contribution in [0, 0.1) is 27.7 Å². The molecule has 3 rings (SSSR count). The number of nitrogens with zero attached hydrogens (tertiary/aromatic N) is 2. The van der Waals surface area contributed by atoms with Crippen LogP contribution in [-0.4, -0.2) is 15.5 Å². The maximum atomic E-state index is 13.6. The van der Waals surface area contributed by atoms with Crippen LogP contribution in [0.4, 0.5) is 18.9 Å². The summed E-state index contributed by atoms with van der Waals surface area (Å²) in [7, 11) is 0. The molecule has 1 heterocycles. The number of carbonyl (C=O) groups excluding carboxylic acids is 1. The van der Waals surface area contributed by atoms with Crippen LogP contribution in [0.1, 0.15) is 47.3 Å². The molecule has 1 N–H and O–H groups in total. The molecule has 0 saturated heterocycles. The molecule has 2 aromatic carbocycles. The molecule has 0 aliphatic carbocycles. The molecule has 1 atom stereocenters. The van der Waals surface area contributed by atoms with Gasteiger partial charge in [0.05, 0.1) is 11.0 Å². The van der Waals surface area contributed by atoms with Crippen molar-refractivity contribution >= 4 is 22.6 Å². The zero-order valence-corrected chi connectivity index (χ0v) is 18.0. The van der Waals surface area contributed by atoms with Crippen molar-refractivity contribution in [2.45, 2.75) is 53.3 Å². The van der Waals surface area contributed by atoms with Crippen molar-refractivity contribution in [3.05, 3.63) is 68.6 Å². The summed E-state index contributed by atoms with van der Waals surface area (Å²) in [5.41, 5.74) is 1.25. The van der Waals surface area contributed by atoms with Crippen LogP contribution in [0.15, 0.2) is 35.1 Å². The lowest BCUT2D eigenvalue weighted by Gasteiger charge is -2.22. The van der Waals surface area contributed by atoms with Gasteiger partial charge >= 0.3 is 6.18 Å². The van der Waals surface area contributed by atoms with Gasteiger partial charge in [0, 0.05) is 5.69 Å². The van der Waals surface area contributed by atoms with Crippen LogP contribution in [-0.2, 0) is 11.0 Å². The highest BCUT2D eigenvalue weighted by atomic mass is 19.4. The monoisotopic (exact) mass is 431 g/mol. The third-order valence-electron chi connectivity index (χ3n) is 5.64. The standard InChI is InChI=1S/C23H24F3N3O2/c1-6-18(21(30)28-16-9-7-8-12(2)15(16)5)29-19-11-14(4)13(3)10-17(19)27-20(22(29)31)23(24,25)26/h7-11,18H,6H2,1-5H3,(H,28,30)/t18-/m1/s1. The van der Waals surface area contributed by atoms with E-state index in [-0.39, 0.29) is 17.5 Å². The zero-order valence-electron chi connectivity index (χ0n) is 18.0. The van der Waals surface area contributed by atoms with E-state index in [1.54, 1.807) is 39.0 Å². The van der Waals surface area contributed by atoms with Gasteiger partial charge in [-0.2, -0.15) is 13.2 Å². The SMILES string of the molecule is CC[C@H](C(=O)Nc1cccc(C)c1C)n1c(=O)c(C(F)(F)F)nc2cc(C)c(C)cc21. The Labute approximate surface area is 177 Å². The Kier molecular flexibility index (Phi) is 5.93. The van der Waals surface area contributed by atoms with Gasteiger partial charge in [0.1, 0.15) is 6.04 Å². The molecule has 1 aromatic heterocycles. The number of rotatable bonds is 4. The van der Waals surface area contributed by atoms with Gasteiger partial charge in [0.15, 0.2) is 0 Å². The second kappa shape index (κ2) is 8.17. The molecule has 164 valence electrons. The Balaban J connectivity index is 2.23. The van der Waals surface area contributed by atoms with E-state index in [0.717, 1.165) is 26.8 Å². The van der Waals surface area contributed by atoms with Crippen molar-refractivity contribution in [1.82, 2.24) is 9.55 Å². The normalized spacial score (nSPS) is 12.8. The molecular weight excluding hydrogens is 407 g/mol. The predicted molar refractivity (Wildman–Crippen MR) is 114 cm³/mol. The molecule has 0 bridgehead atoms. The number of fused-ring (bicyclic) bond motifs is 1. The van der Waals surface area contributed by atoms with E-state index in [9.17, 15) is 22.8 Å². The third kappa shape index (κ3) is 4.19. The summed E-state index contributed by atoms with van der Waals surface area (Å²) in [4.78, 5) is 29.7. The van der Waals surface area contributed by atoms with Gasteiger partial charge in [-0.1, -0.05) is 19.1 Å². The van der Waals surface area contributed by atoms with E-state index in [0.29, 0.717) is 5.69 Å². The van der Waals surface area contributed by atoms with Crippen molar-refractivity contribution < 1.29 is 18.0 Å². The smallest absolute Gasteiger partial charge is 0.324 e. The minimum absolute atomic E-state index is 0.0213. The summed E-state index contributed by atoms with van der Waals surface area (Å²) in [5.74, 6) is -0.558. The fourth-order valence-electron chi connectivity index (χ4n) is 3.54. The number of alkyl halides is 3. The molecule has 1 amide bonds. The molecule has 3 aromatic rings. The van der Waals surface area contributed by atoms with Gasteiger partial charge < -0.3 is 5.32 Å². The number of amides is 1. The quantitative estimate of drug-likeness (QED) is 0.615. The van der Waals surface area contributed by atoms with Gasteiger partial charge in [0.25, 0.3) is 5.56 Å². The Morgan fingerprint density at radius 1 is 1.10 bits per heavy atom. The summed E-state index contributed by atoms with van der Waals surface area (Å²) in [6, 6.07) is 7.36. The second-order valence-corrected chi connectivity index (χ2v) is 7.72. The second-order valence-electron chi connectivity index (χ2n) is 7.72. The first kappa shape index (κ1) is 22.5. The lowest BCUT2D eigenvalue weighted by molar-refractivity contribution is -0.142. The fraction of sp³-hybridized carbons (Fsp3) is 0.348. The molecule has 0 spiro atoms. The number of halogens is 3. The lowest BCUT2D eigenvalue weighted by Crippen LogP contribution is -2.37. The van der Waals surface area contributed by atoms with E-state index in [1.165, 1.54) is 6.07 Å². The van der Waals surface area contributed by atoms with Gasteiger partial charge in [-0.15, -0.1) is 0 Å². The average Bonchev–Trinajstić information content (AvgIpc) is 2.68. The Bertz CT molecular complexity index is 1230. The summed E-state index contributed by atoms with van der Waals surface area (Å²) in [5, 5.41) is 2.78. The van der Waals surface area contributed by atoms with Gasteiger partial charge in [-0.05, 0) is 74.6 Å². The van der Waals surface area contributed by atoms with Crippen LogP contribution < -0.4 is 10.9 Å². The Morgan fingerprint density at radius 3 is 2.35 bits per heavy atom. The fourth-order valence-corrected chi connectivity index (χ4v) is 3.54. The molecule has 8 heteroatoms. The highest BCUT2D eigenvalue weighted by molar-refractivity contribution is 5.95. The van der Waals surface area contributed by atoms with E-state index in [1.807, 2.05) is 19.9 Å². The van der Waals surface area contributed by atoms with Crippen molar-refractivity contribution in [2.75, 3.05) is 5.32 Å². The molecule has 31 heavy (non-hydrogen) atoms. The van der Waals surface area contributed by atoms with Crippen molar-refractivity contribution in [2.24, 2.45) is 0 Å². The number of benzene rings is 2. The van der Waals surface area contributed by atoms with Crippen molar-refractivity contribution in [1.29, 1.82) is 0 Å². The summed E-state index contributed by atoms with van der Waals surface area (Å²) < 4.78 is 41.6.